The summed E-state index contributed by atoms with van der Waals surface area (Å²) in [5.41, 5.74) is -0.0337. The van der Waals surface area contributed by atoms with Crippen LogP contribution in [-0.2, 0) is 14.3 Å². The first-order chi connectivity index (χ1) is 9.05. The van der Waals surface area contributed by atoms with Gasteiger partial charge >= 0.3 is 0 Å². The molecule has 2 aliphatic rings. The van der Waals surface area contributed by atoms with Crippen LogP contribution >= 0.6 is 0 Å². The molecule has 0 spiro atoms. The smallest absolute Gasteiger partial charge is 0.246 e. The molecule has 110 valence electrons. The van der Waals surface area contributed by atoms with E-state index in [9.17, 15) is 4.79 Å². The van der Waals surface area contributed by atoms with Crippen molar-refractivity contribution in [2.75, 3.05) is 13.2 Å². The predicted octanol–water partition coefficient (Wildman–Crippen LogP) is 2.41. The highest BCUT2D eigenvalue weighted by Gasteiger charge is 2.31. The zero-order chi connectivity index (χ0) is 13.7. The van der Waals surface area contributed by atoms with Gasteiger partial charge in [-0.3, -0.25) is 4.79 Å². The summed E-state index contributed by atoms with van der Waals surface area (Å²) in [6, 6.07) is 0. The van der Waals surface area contributed by atoms with Crippen LogP contribution in [0, 0.1) is 0 Å². The lowest BCUT2D eigenvalue weighted by molar-refractivity contribution is -0.129. The molecular formula is C15H27NO3. The molecule has 1 unspecified atom stereocenters. The van der Waals surface area contributed by atoms with Gasteiger partial charge < -0.3 is 14.8 Å². The Morgan fingerprint density at radius 2 is 2.00 bits per heavy atom. The highest BCUT2D eigenvalue weighted by molar-refractivity contribution is 5.77. The van der Waals surface area contributed by atoms with E-state index in [1.807, 2.05) is 0 Å². The topological polar surface area (TPSA) is 47.6 Å². The number of hydrogen-bond donors (Lipinski definition) is 1. The molecule has 1 aliphatic carbocycles. The average Bonchev–Trinajstić information content (AvgIpc) is 2.75. The summed E-state index contributed by atoms with van der Waals surface area (Å²) in [4.78, 5) is 11.7. The second-order valence-corrected chi connectivity index (χ2v) is 6.41. The van der Waals surface area contributed by atoms with E-state index < -0.39 is 0 Å². The Morgan fingerprint density at radius 3 is 2.63 bits per heavy atom. The van der Waals surface area contributed by atoms with Crippen LogP contribution in [0.25, 0.3) is 0 Å². The van der Waals surface area contributed by atoms with Crippen molar-refractivity contribution in [1.29, 1.82) is 0 Å². The Labute approximate surface area is 116 Å². The van der Waals surface area contributed by atoms with E-state index in [0.29, 0.717) is 12.6 Å². The Balaban J connectivity index is 1.57. The van der Waals surface area contributed by atoms with Gasteiger partial charge in [0.05, 0.1) is 17.8 Å². The van der Waals surface area contributed by atoms with Crippen LogP contribution in [0.1, 0.15) is 58.8 Å². The van der Waals surface area contributed by atoms with Crippen LogP contribution < -0.4 is 5.32 Å². The summed E-state index contributed by atoms with van der Waals surface area (Å²) in [7, 11) is 0. The molecule has 4 heteroatoms. The van der Waals surface area contributed by atoms with Gasteiger partial charge in [-0.25, -0.2) is 0 Å². The largest absolute Gasteiger partial charge is 0.371 e. The highest BCUT2D eigenvalue weighted by Crippen LogP contribution is 2.28. The van der Waals surface area contributed by atoms with E-state index in [2.05, 4.69) is 19.2 Å². The van der Waals surface area contributed by atoms with Gasteiger partial charge in [0, 0.05) is 6.54 Å². The van der Waals surface area contributed by atoms with Crippen molar-refractivity contribution in [2.45, 2.75) is 76.6 Å². The molecule has 4 nitrogen and oxygen atoms in total. The second kappa shape index (κ2) is 6.71. The first-order valence-electron chi connectivity index (χ1n) is 7.61. The number of ether oxygens (including phenoxy) is 2. The lowest BCUT2D eigenvalue weighted by atomic mass is 9.98. The first-order valence-corrected chi connectivity index (χ1v) is 7.61. The maximum atomic E-state index is 11.7. The van der Waals surface area contributed by atoms with Gasteiger partial charge in [0.15, 0.2) is 0 Å². The van der Waals surface area contributed by atoms with Crippen molar-refractivity contribution in [3.05, 3.63) is 0 Å². The van der Waals surface area contributed by atoms with Crippen LogP contribution in [0.3, 0.4) is 0 Å². The van der Waals surface area contributed by atoms with Crippen LogP contribution in [0.15, 0.2) is 0 Å². The quantitative estimate of drug-likeness (QED) is 0.833. The molecule has 19 heavy (non-hydrogen) atoms. The lowest BCUT2D eigenvalue weighted by Gasteiger charge is -2.22. The summed E-state index contributed by atoms with van der Waals surface area (Å²) in [5.74, 6) is -0.0149. The van der Waals surface area contributed by atoms with Crippen molar-refractivity contribution < 1.29 is 14.3 Å². The molecular weight excluding hydrogens is 242 g/mol. The maximum absolute atomic E-state index is 11.7. The van der Waals surface area contributed by atoms with Crippen LogP contribution in [0.2, 0.25) is 0 Å². The second-order valence-electron chi connectivity index (χ2n) is 6.41. The molecule has 0 radical (unpaired) electrons. The minimum atomic E-state index is -0.0337. The van der Waals surface area contributed by atoms with Crippen molar-refractivity contribution in [3.8, 4) is 0 Å². The number of hydrogen-bond acceptors (Lipinski definition) is 3. The zero-order valence-electron chi connectivity index (χ0n) is 12.2. The van der Waals surface area contributed by atoms with E-state index >= 15 is 0 Å². The van der Waals surface area contributed by atoms with Crippen LogP contribution in [-0.4, -0.2) is 36.9 Å². The summed E-state index contributed by atoms with van der Waals surface area (Å²) in [6.45, 7) is 5.00. The van der Waals surface area contributed by atoms with E-state index in [4.69, 9.17) is 9.47 Å². The van der Waals surface area contributed by atoms with Gasteiger partial charge in [0.2, 0.25) is 5.91 Å². The lowest BCUT2D eigenvalue weighted by Crippen LogP contribution is -2.36. The van der Waals surface area contributed by atoms with Gasteiger partial charge in [-0.15, -0.1) is 0 Å². The molecule has 1 atom stereocenters. The van der Waals surface area contributed by atoms with Crippen LogP contribution in [0.5, 0.6) is 0 Å². The van der Waals surface area contributed by atoms with Gasteiger partial charge in [-0.2, -0.15) is 0 Å². The number of carbonyl (C=O) groups is 1. The van der Waals surface area contributed by atoms with Gasteiger partial charge in [0.1, 0.15) is 6.61 Å². The van der Waals surface area contributed by atoms with Crippen LogP contribution in [0.4, 0.5) is 0 Å². The monoisotopic (exact) mass is 269 g/mol. The van der Waals surface area contributed by atoms with Gasteiger partial charge in [-0.05, 0) is 39.5 Å². The van der Waals surface area contributed by atoms with Crippen molar-refractivity contribution in [1.82, 2.24) is 5.32 Å². The van der Waals surface area contributed by atoms with E-state index in [0.717, 1.165) is 25.7 Å². The molecule has 0 aromatic carbocycles. The third-order valence-electron chi connectivity index (χ3n) is 4.08. The Hall–Kier alpha value is -0.610. The van der Waals surface area contributed by atoms with E-state index in [1.54, 1.807) is 0 Å². The molecule has 1 N–H and O–H groups in total. The van der Waals surface area contributed by atoms with Gasteiger partial charge in [0.25, 0.3) is 0 Å². The third-order valence-corrected chi connectivity index (χ3v) is 4.08. The minimum absolute atomic E-state index is 0.0149. The SMILES string of the molecule is CC1(C)CCC(CNC(=O)COC2CCCCC2)O1. The summed E-state index contributed by atoms with van der Waals surface area (Å²) >= 11 is 0. The normalized spacial score (nSPS) is 27.4. The fourth-order valence-corrected chi connectivity index (χ4v) is 2.93. The van der Waals surface area contributed by atoms with E-state index in [-0.39, 0.29) is 24.2 Å². The van der Waals surface area contributed by atoms with Crippen molar-refractivity contribution >= 4 is 5.91 Å². The van der Waals surface area contributed by atoms with E-state index in [1.165, 1.54) is 19.3 Å². The molecule has 0 aromatic heterocycles. The number of nitrogens with one attached hydrogen (secondary N) is 1. The molecule has 1 heterocycles. The zero-order valence-corrected chi connectivity index (χ0v) is 12.2. The van der Waals surface area contributed by atoms with Gasteiger partial charge in [-0.1, -0.05) is 19.3 Å². The maximum Gasteiger partial charge on any atom is 0.246 e. The third kappa shape index (κ3) is 5.11. The number of carbonyl (C=O) groups excluding carboxylic acids is 1. The fraction of sp³-hybridized carbons (Fsp3) is 0.933. The average molecular weight is 269 g/mol. The first kappa shape index (κ1) is 14.8. The molecule has 1 amide bonds. The molecule has 0 bridgehead atoms. The molecule has 1 saturated heterocycles. The molecule has 2 rings (SSSR count). The Kier molecular flexibility index (Phi) is 5.22. The Bertz CT molecular complexity index is 298. The molecule has 2 fully saturated rings. The standard InChI is InChI=1S/C15H27NO3/c1-15(2)9-8-13(19-15)10-16-14(17)11-18-12-6-4-3-5-7-12/h12-13H,3-11H2,1-2H3,(H,16,17). The summed E-state index contributed by atoms with van der Waals surface area (Å²) in [5, 5.41) is 2.91. The highest BCUT2D eigenvalue weighted by atomic mass is 16.5. The molecule has 1 saturated carbocycles. The minimum Gasteiger partial charge on any atom is -0.371 e. The van der Waals surface area contributed by atoms with Crippen molar-refractivity contribution in [2.24, 2.45) is 0 Å². The summed E-state index contributed by atoms with van der Waals surface area (Å²) < 4.78 is 11.5. The summed E-state index contributed by atoms with van der Waals surface area (Å²) in [6.07, 6.45) is 8.52. The fourth-order valence-electron chi connectivity index (χ4n) is 2.93. The predicted molar refractivity (Wildman–Crippen MR) is 74.0 cm³/mol. The Morgan fingerprint density at radius 1 is 1.26 bits per heavy atom. The molecule has 0 aromatic rings. The molecule has 1 aliphatic heterocycles. The van der Waals surface area contributed by atoms with Crippen molar-refractivity contribution in [3.63, 3.8) is 0 Å². The number of amides is 1. The number of rotatable bonds is 5.